The minimum atomic E-state index is -0.429. The molecule has 0 aliphatic carbocycles. The first-order chi connectivity index (χ1) is 15.1. The van der Waals surface area contributed by atoms with Crippen LogP contribution in [0.25, 0.3) is 11.3 Å². The van der Waals surface area contributed by atoms with E-state index in [1.165, 1.54) is 18.3 Å². The van der Waals surface area contributed by atoms with Crippen molar-refractivity contribution >= 4 is 0 Å². The lowest BCUT2D eigenvalue weighted by Gasteiger charge is -2.20. The van der Waals surface area contributed by atoms with E-state index in [9.17, 15) is 8.78 Å². The van der Waals surface area contributed by atoms with Gasteiger partial charge < -0.3 is 5.73 Å². The summed E-state index contributed by atoms with van der Waals surface area (Å²) in [6.45, 7) is 5.46. The summed E-state index contributed by atoms with van der Waals surface area (Å²) in [5.41, 5.74) is 8.75. The molecular weight excluding hydrogens is 394 g/mol. The number of nitrogens with two attached hydrogens (primary N) is 1. The highest BCUT2D eigenvalue weighted by atomic mass is 19.1. The zero-order valence-electron chi connectivity index (χ0n) is 18.0. The Hall–Kier alpha value is -2.70. The third-order valence-corrected chi connectivity index (χ3v) is 5.28. The second-order valence-electron chi connectivity index (χ2n) is 7.68. The summed E-state index contributed by atoms with van der Waals surface area (Å²) in [5.74, 6) is -0.0692. The van der Waals surface area contributed by atoms with E-state index < -0.39 is 5.82 Å². The number of rotatable bonds is 11. The van der Waals surface area contributed by atoms with Crippen LogP contribution in [0.15, 0.2) is 54.7 Å². The third-order valence-electron chi connectivity index (χ3n) is 5.28. The number of hydrogen-bond donors (Lipinski definition) is 1. The van der Waals surface area contributed by atoms with Crippen molar-refractivity contribution in [3.8, 4) is 11.3 Å². The lowest BCUT2D eigenvalue weighted by molar-refractivity contribution is 0.278. The zero-order valence-corrected chi connectivity index (χ0v) is 18.0. The average Bonchev–Trinajstić information content (AvgIpc) is 2.78. The van der Waals surface area contributed by atoms with Crippen LogP contribution in [0.5, 0.6) is 0 Å². The lowest BCUT2D eigenvalue weighted by Crippen LogP contribution is -2.25. The normalized spacial score (nSPS) is 11.3. The Balaban J connectivity index is 1.69. The molecule has 0 aliphatic heterocycles. The number of nitrogens with zero attached hydrogens (tertiary/aromatic N) is 3. The molecule has 2 aromatic carbocycles. The van der Waals surface area contributed by atoms with Crippen LogP contribution in [-0.4, -0.2) is 34.5 Å². The van der Waals surface area contributed by atoms with Crippen molar-refractivity contribution in [1.29, 1.82) is 0 Å². The van der Waals surface area contributed by atoms with Gasteiger partial charge in [-0.3, -0.25) is 4.90 Å². The molecule has 0 saturated carbocycles. The molecule has 0 aliphatic rings. The van der Waals surface area contributed by atoms with Gasteiger partial charge in [0, 0.05) is 18.5 Å². The van der Waals surface area contributed by atoms with Gasteiger partial charge in [0.2, 0.25) is 0 Å². The quantitative estimate of drug-likeness (QED) is 0.482. The summed E-state index contributed by atoms with van der Waals surface area (Å²) in [6.07, 6.45) is 4.28. The van der Waals surface area contributed by atoms with Gasteiger partial charge in [-0.25, -0.2) is 18.7 Å². The molecule has 164 valence electrons. The lowest BCUT2D eigenvalue weighted by atomic mass is 10.1. The van der Waals surface area contributed by atoms with E-state index in [1.54, 1.807) is 6.07 Å². The van der Waals surface area contributed by atoms with Crippen LogP contribution in [-0.2, 0) is 19.4 Å². The van der Waals surface area contributed by atoms with E-state index in [2.05, 4.69) is 21.8 Å². The Morgan fingerprint density at radius 2 is 1.77 bits per heavy atom. The van der Waals surface area contributed by atoms with Crippen molar-refractivity contribution in [3.05, 3.63) is 83.3 Å². The Morgan fingerprint density at radius 3 is 2.55 bits per heavy atom. The molecule has 6 heteroatoms. The molecule has 0 amide bonds. The largest absolute Gasteiger partial charge is 0.330 e. The molecule has 0 unspecified atom stereocenters. The van der Waals surface area contributed by atoms with Gasteiger partial charge in [-0.05, 0) is 68.2 Å². The van der Waals surface area contributed by atoms with Crippen LogP contribution in [0.3, 0.4) is 0 Å². The zero-order chi connectivity index (χ0) is 22.1. The summed E-state index contributed by atoms with van der Waals surface area (Å²) in [7, 11) is 0. The average molecular weight is 425 g/mol. The van der Waals surface area contributed by atoms with Crippen molar-refractivity contribution in [2.75, 3.05) is 19.6 Å². The van der Waals surface area contributed by atoms with Gasteiger partial charge in [-0.2, -0.15) is 0 Å². The fourth-order valence-corrected chi connectivity index (χ4v) is 3.61. The van der Waals surface area contributed by atoms with Crippen molar-refractivity contribution < 1.29 is 8.78 Å². The minimum absolute atomic E-state index is 0.234. The summed E-state index contributed by atoms with van der Waals surface area (Å²) in [4.78, 5) is 11.0. The molecule has 3 aromatic rings. The number of hydrogen-bond acceptors (Lipinski definition) is 4. The van der Waals surface area contributed by atoms with E-state index in [0.29, 0.717) is 24.5 Å². The van der Waals surface area contributed by atoms with Gasteiger partial charge in [-0.15, -0.1) is 0 Å². The fraction of sp³-hybridized carbons (Fsp3) is 0.360. The first-order valence-electron chi connectivity index (χ1n) is 10.9. The van der Waals surface area contributed by atoms with Crippen LogP contribution < -0.4 is 5.73 Å². The Labute approximate surface area is 183 Å². The summed E-state index contributed by atoms with van der Waals surface area (Å²) < 4.78 is 27.8. The van der Waals surface area contributed by atoms with Gasteiger partial charge in [-0.1, -0.05) is 37.3 Å². The van der Waals surface area contributed by atoms with Gasteiger partial charge in [0.1, 0.15) is 17.3 Å². The van der Waals surface area contributed by atoms with Crippen LogP contribution in [0.2, 0.25) is 0 Å². The highest BCUT2D eigenvalue weighted by molar-refractivity contribution is 5.60. The number of benzene rings is 2. The van der Waals surface area contributed by atoms with Crippen LogP contribution in [0.1, 0.15) is 36.7 Å². The molecule has 2 N–H and O–H groups in total. The van der Waals surface area contributed by atoms with E-state index in [1.807, 2.05) is 30.3 Å². The summed E-state index contributed by atoms with van der Waals surface area (Å²) in [6, 6.07) is 14.4. The second-order valence-corrected chi connectivity index (χ2v) is 7.68. The van der Waals surface area contributed by atoms with Gasteiger partial charge >= 0.3 is 0 Å². The van der Waals surface area contributed by atoms with Crippen molar-refractivity contribution in [2.24, 2.45) is 5.73 Å². The van der Waals surface area contributed by atoms with Crippen molar-refractivity contribution in [3.63, 3.8) is 0 Å². The van der Waals surface area contributed by atoms with E-state index in [0.717, 1.165) is 55.6 Å². The third kappa shape index (κ3) is 6.91. The van der Waals surface area contributed by atoms with Crippen LogP contribution >= 0.6 is 0 Å². The molecule has 1 heterocycles. The smallest absolute Gasteiger partial charge is 0.167 e. The van der Waals surface area contributed by atoms with E-state index in [4.69, 9.17) is 5.73 Å². The van der Waals surface area contributed by atoms with E-state index in [-0.39, 0.29) is 5.82 Å². The minimum Gasteiger partial charge on any atom is -0.330 e. The molecule has 0 saturated heterocycles. The van der Waals surface area contributed by atoms with Gasteiger partial charge in [0.15, 0.2) is 5.82 Å². The topological polar surface area (TPSA) is 55.0 Å². The van der Waals surface area contributed by atoms with Crippen LogP contribution in [0.4, 0.5) is 8.78 Å². The number of aryl methyl sites for hydroxylation is 2. The predicted molar refractivity (Wildman–Crippen MR) is 120 cm³/mol. The Morgan fingerprint density at radius 1 is 0.968 bits per heavy atom. The van der Waals surface area contributed by atoms with Crippen molar-refractivity contribution in [2.45, 2.75) is 39.2 Å². The molecule has 31 heavy (non-hydrogen) atoms. The van der Waals surface area contributed by atoms with Crippen LogP contribution in [0, 0.1) is 11.6 Å². The molecule has 3 rings (SSSR count). The molecule has 1 aromatic heterocycles. The van der Waals surface area contributed by atoms with Crippen molar-refractivity contribution in [1.82, 2.24) is 14.9 Å². The highest BCUT2D eigenvalue weighted by Crippen LogP contribution is 2.22. The van der Waals surface area contributed by atoms with Gasteiger partial charge in [0.25, 0.3) is 0 Å². The maximum Gasteiger partial charge on any atom is 0.167 e. The summed E-state index contributed by atoms with van der Waals surface area (Å²) >= 11 is 0. The predicted octanol–water partition coefficient (Wildman–Crippen LogP) is 4.77. The fourth-order valence-electron chi connectivity index (χ4n) is 3.61. The van der Waals surface area contributed by atoms with Gasteiger partial charge in [0.05, 0.1) is 6.20 Å². The Kier molecular flexibility index (Phi) is 8.62. The molecule has 0 spiro atoms. The monoisotopic (exact) mass is 424 g/mol. The maximum atomic E-state index is 14.5. The SMILES string of the molecule is CCN(CCCN)Cc1cccc(-c2nc(CCCc3cccc(F)c3)ncc2F)c1. The molecule has 0 bridgehead atoms. The van der Waals surface area contributed by atoms with E-state index >= 15 is 0 Å². The maximum absolute atomic E-state index is 14.5. The first kappa shape index (κ1) is 23.0. The molecule has 4 nitrogen and oxygen atoms in total. The molecule has 0 radical (unpaired) electrons. The summed E-state index contributed by atoms with van der Waals surface area (Å²) in [5, 5.41) is 0. The highest BCUT2D eigenvalue weighted by Gasteiger charge is 2.11. The standard InChI is InChI=1S/C25H30F2N4/c1-2-31(14-6-13-28)18-20-9-3-10-21(15-20)25-23(27)17-29-24(30-25)12-5-8-19-7-4-11-22(26)16-19/h3-4,7,9-11,15-17H,2,5-6,8,12-14,18,28H2,1H3. The molecule has 0 fully saturated rings. The second kappa shape index (κ2) is 11.6. The number of aromatic nitrogens is 2. The number of halogens is 2. The first-order valence-corrected chi connectivity index (χ1v) is 10.9. The molecular formula is C25H30F2N4. The molecule has 0 atom stereocenters. The Bertz CT molecular complexity index is 977.